The number of rotatable bonds is 5. The van der Waals surface area contributed by atoms with Gasteiger partial charge in [0, 0.05) is 5.56 Å². The zero-order valence-electron chi connectivity index (χ0n) is 22.0. The first-order valence-electron chi connectivity index (χ1n) is 12.6. The molecule has 2 nitrogen and oxygen atoms in total. The summed E-state index contributed by atoms with van der Waals surface area (Å²) in [7, 11) is 0. The molecule has 0 saturated carbocycles. The summed E-state index contributed by atoms with van der Waals surface area (Å²) in [5.74, 6) is 0.643. The molecule has 5 rings (SSSR count). The quantitative estimate of drug-likeness (QED) is 0.280. The van der Waals surface area contributed by atoms with Gasteiger partial charge in [0.15, 0.2) is 0 Å². The van der Waals surface area contributed by atoms with Crippen LogP contribution in [0.4, 0.5) is 0 Å². The van der Waals surface area contributed by atoms with Crippen molar-refractivity contribution in [2.24, 2.45) is 0 Å². The zero-order valence-corrected chi connectivity index (χ0v) is 22.0. The van der Waals surface area contributed by atoms with E-state index < -0.39 is 0 Å². The van der Waals surface area contributed by atoms with Gasteiger partial charge < -0.3 is 4.42 Å². The van der Waals surface area contributed by atoms with Crippen molar-refractivity contribution in [2.75, 3.05) is 0 Å². The first-order chi connectivity index (χ1) is 17.3. The summed E-state index contributed by atoms with van der Waals surface area (Å²) in [6, 6.07) is 26.7. The van der Waals surface area contributed by atoms with E-state index in [1.807, 2.05) is 6.07 Å². The molecular weight excluding hydrogens is 437 g/mol. The van der Waals surface area contributed by atoms with Crippen LogP contribution in [-0.2, 0) is 0 Å². The first kappa shape index (κ1) is 23.9. The van der Waals surface area contributed by atoms with E-state index >= 15 is 0 Å². The molecule has 1 heterocycles. The fraction of sp³-hybridized carbons (Fsp3) is 0.182. The molecule has 0 aliphatic rings. The van der Waals surface area contributed by atoms with Crippen molar-refractivity contribution >= 4 is 23.1 Å². The molecule has 0 spiro atoms. The topological polar surface area (TPSA) is 26.0 Å². The van der Waals surface area contributed by atoms with E-state index in [0.29, 0.717) is 5.89 Å². The summed E-state index contributed by atoms with van der Waals surface area (Å²) in [5, 5.41) is 0. The Morgan fingerprint density at radius 1 is 0.583 bits per heavy atom. The molecule has 0 aliphatic carbocycles. The van der Waals surface area contributed by atoms with Gasteiger partial charge in [0.1, 0.15) is 6.26 Å². The van der Waals surface area contributed by atoms with Gasteiger partial charge in [-0.3, -0.25) is 0 Å². The standard InChI is InChI=1S/C33H32BNO/c1-21-16-23(3)31(24(4)17-21)34(32-25(5)18-22(2)19-26(32)6)30-12-10-27(11-13-30)28-8-7-9-29(20-28)33-35-14-15-36-33/h7-20H,1-6H3. The van der Waals surface area contributed by atoms with Gasteiger partial charge in [-0.2, -0.15) is 0 Å². The molecule has 4 aromatic carbocycles. The Bertz CT molecular complexity index is 1430. The Kier molecular flexibility index (Phi) is 6.41. The van der Waals surface area contributed by atoms with E-state index in [-0.39, 0.29) is 6.71 Å². The lowest BCUT2D eigenvalue weighted by molar-refractivity contribution is 0.574. The van der Waals surface area contributed by atoms with Gasteiger partial charge in [0.2, 0.25) is 12.6 Å². The summed E-state index contributed by atoms with van der Waals surface area (Å²) < 4.78 is 5.51. The smallest absolute Gasteiger partial charge is 0.242 e. The maximum atomic E-state index is 5.51. The highest BCUT2D eigenvalue weighted by molar-refractivity contribution is 6.96. The van der Waals surface area contributed by atoms with Crippen LogP contribution in [0, 0.1) is 41.5 Å². The molecule has 178 valence electrons. The number of benzene rings is 4. The number of aryl methyl sites for hydroxylation is 6. The number of oxazole rings is 1. The molecule has 5 aromatic rings. The van der Waals surface area contributed by atoms with Gasteiger partial charge in [-0.25, -0.2) is 4.98 Å². The van der Waals surface area contributed by atoms with Gasteiger partial charge in [-0.05, 0) is 64.8 Å². The molecule has 0 unspecified atom stereocenters. The molecule has 0 fully saturated rings. The van der Waals surface area contributed by atoms with Gasteiger partial charge >= 0.3 is 0 Å². The van der Waals surface area contributed by atoms with Crippen LogP contribution in [0.2, 0.25) is 0 Å². The molecule has 0 N–H and O–H groups in total. The van der Waals surface area contributed by atoms with Crippen molar-refractivity contribution in [1.82, 2.24) is 4.98 Å². The van der Waals surface area contributed by atoms with E-state index in [0.717, 1.165) is 11.1 Å². The predicted molar refractivity (Wildman–Crippen MR) is 153 cm³/mol. The van der Waals surface area contributed by atoms with E-state index in [2.05, 4.69) is 113 Å². The van der Waals surface area contributed by atoms with E-state index in [1.54, 1.807) is 12.5 Å². The molecular formula is C33H32BNO. The van der Waals surface area contributed by atoms with Crippen LogP contribution in [0.15, 0.2) is 89.7 Å². The van der Waals surface area contributed by atoms with Crippen LogP contribution in [0.5, 0.6) is 0 Å². The fourth-order valence-electron chi connectivity index (χ4n) is 5.84. The molecule has 0 aliphatic heterocycles. The van der Waals surface area contributed by atoms with E-state index in [9.17, 15) is 0 Å². The van der Waals surface area contributed by atoms with Crippen molar-refractivity contribution in [3.05, 3.63) is 119 Å². The number of hydrogen-bond donors (Lipinski definition) is 0. The highest BCUT2D eigenvalue weighted by Gasteiger charge is 2.28. The average molecular weight is 469 g/mol. The van der Waals surface area contributed by atoms with E-state index in [4.69, 9.17) is 4.42 Å². The number of aromatic nitrogens is 1. The van der Waals surface area contributed by atoms with Crippen molar-refractivity contribution in [3.63, 3.8) is 0 Å². The normalized spacial score (nSPS) is 11.1. The summed E-state index contributed by atoms with van der Waals surface area (Å²) in [4.78, 5) is 4.30. The molecule has 0 bridgehead atoms. The van der Waals surface area contributed by atoms with Crippen molar-refractivity contribution < 1.29 is 4.42 Å². The van der Waals surface area contributed by atoms with Crippen molar-refractivity contribution in [1.29, 1.82) is 0 Å². The van der Waals surface area contributed by atoms with Crippen molar-refractivity contribution in [3.8, 4) is 22.6 Å². The minimum absolute atomic E-state index is 0.180. The lowest BCUT2D eigenvalue weighted by atomic mass is 9.34. The van der Waals surface area contributed by atoms with Crippen LogP contribution < -0.4 is 16.4 Å². The summed E-state index contributed by atoms with van der Waals surface area (Å²) >= 11 is 0. The third-order valence-corrected chi connectivity index (χ3v) is 7.17. The summed E-state index contributed by atoms with van der Waals surface area (Å²) in [6.07, 6.45) is 3.29. The molecule has 36 heavy (non-hydrogen) atoms. The summed E-state index contributed by atoms with van der Waals surface area (Å²) in [5.41, 5.74) is 15.5. The minimum Gasteiger partial charge on any atom is -0.445 e. The van der Waals surface area contributed by atoms with Gasteiger partial charge in [0.25, 0.3) is 0 Å². The maximum Gasteiger partial charge on any atom is 0.242 e. The molecule has 0 atom stereocenters. The van der Waals surface area contributed by atoms with E-state index in [1.165, 1.54) is 55.3 Å². The Hall–Kier alpha value is -3.85. The van der Waals surface area contributed by atoms with Crippen LogP contribution in [0.3, 0.4) is 0 Å². The highest BCUT2D eigenvalue weighted by Crippen LogP contribution is 2.25. The first-order valence-corrected chi connectivity index (χ1v) is 12.6. The molecule has 0 amide bonds. The van der Waals surface area contributed by atoms with Crippen LogP contribution in [0.25, 0.3) is 22.6 Å². The second kappa shape index (κ2) is 9.66. The zero-order chi connectivity index (χ0) is 25.4. The molecule has 0 radical (unpaired) electrons. The van der Waals surface area contributed by atoms with Gasteiger partial charge in [-0.1, -0.05) is 110 Å². The monoisotopic (exact) mass is 469 g/mol. The van der Waals surface area contributed by atoms with Crippen LogP contribution >= 0.6 is 0 Å². The highest BCUT2D eigenvalue weighted by atomic mass is 16.3. The third-order valence-electron chi connectivity index (χ3n) is 7.17. The van der Waals surface area contributed by atoms with Gasteiger partial charge in [0.05, 0.1) is 6.20 Å². The predicted octanol–water partition coefficient (Wildman–Crippen LogP) is 6.38. The Morgan fingerprint density at radius 2 is 1.11 bits per heavy atom. The third kappa shape index (κ3) is 4.54. The second-order valence-corrected chi connectivity index (χ2v) is 10.1. The Labute approximate surface area is 215 Å². The Morgan fingerprint density at radius 3 is 1.61 bits per heavy atom. The Balaban J connectivity index is 1.63. The molecule has 0 saturated heterocycles. The minimum atomic E-state index is 0.180. The van der Waals surface area contributed by atoms with Gasteiger partial charge in [-0.15, -0.1) is 0 Å². The average Bonchev–Trinajstić information content (AvgIpc) is 3.37. The number of nitrogens with zero attached hydrogens (tertiary/aromatic N) is 1. The number of hydrogen-bond acceptors (Lipinski definition) is 2. The second-order valence-electron chi connectivity index (χ2n) is 10.1. The van der Waals surface area contributed by atoms with Crippen LogP contribution in [-0.4, -0.2) is 11.7 Å². The summed E-state index contributed by atoms with van der Waals surface area (Å²) in [6.45, 7) is 13.6. The molecule has 3 heteroatoms. The molecule has 1 aromatic heterocycles. The SMILES string of the molecule is Cc1cc(C)c(B(c2ccc(-c3cccc(-c4ncco4)c3)cc2)c2c(C)cc(C)cc2C)c(C)c1. The largest absolute Gasteiger partial charge is 0.445 e. The lowest BCUT2D eigenvalue weighted by Crippen LogP contribution is -2.55. The van der Waals surface area contributed by atoms with Crippen molar-refractivity contribution in [2.45, 2.75) is 41.5 Å². The maximum absolute atomic E-state index is 5.51. The van der Waals surface area contributed by atoms with Crippen LogP contribution in [0.1, 0.15) is 33.4 Å². The fourth-order valence-corrected chi connectivity index (χ4v) is 5.84. The lowest BCUT2D eigenvalue weighted by Gasteiger charge is -2.24.